The average Bonchev–Trinajstić information content (AvgIpc) is 2.91. The summed E-state index contributed by atoms with van der Waals surface area (Å²) < 4.78 is 0. The normalized spacial score (nSPS) is 18.4. The lowest BCUT2D eigenvalue weighted by molar-refractivity contribution is -0.121. The fourth-order valence-electron chi connectivity index (χ4n) is 3.64. The molecule has 3 nitrogen and oxygen atoms in total. The first-order valence-electron chi connectivity index (χ1n) is 8.32. The second kappa shape index (κ2) is 7.26. The molecule has 0 unspecified atom stereocenters. The van der Waals surface area contributed by atoms with Gasteiger partial charge in [-0.05, 0) is 33.9 Å². The molecule has 2 atom stereocenters. The van der Waals surface area contributed by atoms with E-state index in [0.717, 1.165) is 28.3 Å². The fraction of sp³-hybridized carbons (Fsp3) is 0.190. The Hall–Kier alpha value is -2.36. The summed E-state index contributed by atoms with van der Waals surface area (Å²) in [5.74, 6) is 0.0274. The number of fused-ring (bicyclic) bond motifs is 2. The molecule has 1 aliphatic carbocycles. The van der Waals surface area contributed by atoms with Crippen LogP contribution in [0.2, 0.25) is 0 Å². The van der Waals surface area contributed by atoms with Crippen LogP contribution in [0, 0.1) is 0 Å². The van der Waals surface area contributed by atoms with Crippen LogP contribution in [-0.4, -0.2) is 11.9 Å². The van der Waals surface area contributed by atoms with Gasteiger partial charge in [0.25, 0.3) is 0 Å². The van der Waals surface area contributed by atoms with Crippen molar-refractivity contribution in [1.82, 2.24) is 5.32 Å². The SMILES string of the molecule is Cl.N[C@@H]1c2ccccc2C[C@H]1NC(=O)Cc1cccc2ccccc12. The maximum atomic E-state index is 12.5. The van der Waals surface area contributed by atoms with Crippen LogP contribution in [0.25, 0.3) is 10.8 Å². The van der Waals surface area contributed by atoms with E-state index in [1.54, 1.807) is 0 Å². The van der Waals surface area contributed by atoms with Crippen LogP contribution in [0.1, 0.15) is 22.7 Å². The molecule has 1 aliphatic rings. The van der Waals surface area contributed by atoms with E-state index in [1.807, 2.05) is 36.4 Å². The molecule has 4 heteroatoms. The largest absolute Gasteiger partial charge is 0.351 e. The number of benzene rings is 3. The molecular formula is C21H21ClN2O. The molecule has 25 heavy (non-hydrogen) atoms. The highest BCUT2D eigenvalue weighted by Crippen LogP contribution is 2.29. The van der Waals surface area contributed by atoms with Crippen LogP contribution in [0.5, 0.6) is 0 Å². The molecule has 3 N–H and O–H groups in total. The van der Waals surface area contributed by atoms with E-state index in [9.17, 15) is 4.79 Å². The Morgan fingerprint density at radius 1 is 1.00 bits per heavy atom. The number of hydrogen-bond donors (Lipinski definition) is 2. The standard InChI is InChI=1S/C21H20N2O.ClH/c22-21-18-11-4-2-7-15(18)12-19(21)23-20(24)13-16-9-5-8-14-6-1-3-10-17(14)16;/h1-11,19,21H,12-13,22H2,(H,23,24);1H/t19-,21-;/m1./s1. The van der Waals surface area contributed by atoms with Crippen molar-refractivity contribution in [1.29, 1.82) is 0 Å². The molecule has 0 bridgehead atoms. The summed E-state index contributed by atoms with van der Waals surface area (Å²) in [7, 11) is 0. The van der Waals surface area contributed by atoms with Gasteiger partial charge in [0.1, 0.15) is 0 Å². The summed E-state index contributed by atoms with van der Waals surface area (Å²) in [4.78, 5) is 12.5. The number of rotatable bonds is 3. The van der Waals surface area contributed by atoms with Crippen LogP contribution >= 0.6 is 12.4 Å². The van der Waals surface area contributed by atoms with Gasteiger partial charge in [-0.25, -0.2) is 0 Å². The van der Waals surface area contributed by atoms with Gasteiger partial charge in [0, 0.05) is 0 Å². The molecule has 128 valence electrons. The highest BCUT2D eigenvalue weighted by molar-refractivity contribution is 5.90. The summed E-state index contributed by atoms with van der Waals surface area (Å²) in [5, 5.41) is 5.42. The van der Waals surface area contributed by atoms with Gasteiger partial charge in [-0.1, -0.05) is 66.7 Å². The number of halogens is 1. The first kappa shape index (κ1) is 17.5. The number of amides is 1. The maximum absolute atomic E-state index is 12.5. The van der Waals surface area contributed by atoms with Crippen molar-refractivity contribution in [2.24, 2.45) is 5.73 Å². The zero-order valence-corrected chi connectivity index (χ0v) is 14.6. The lowest BCUT2D eigenvalue weighted by Crippen LogP contribution is -2.41. The third kappa shape index (κ3) is 3.39. The van der Waals surface area contributed by atoms with Crippen molar-refractivity contribution in [3.8, 4) is 0 Å². The molecule has 0 saturated carbocycles. The van der Waals surface area contributed by atoms with Crippen LogP contribution in [0.3, 0.4) is 0 Å². The van der Waals surface area contributed by atoms with Gasteiger partial charge in [0.05, 0.1) is 18.5 Å². The molecule has 3 aromatic rings. The summed E-state index contributed by atoms with van der Waals surface area (Å²) >= 11 is 0. The van der Waals surface area contributed by atoms with E-state index in [2.05, 4.69) is 35.6 Å². The van der Waals surface area contributed by atoms with Crippen molar-refractivity contribution in [3.05, 3.63) is 83.4 Å². The summed E-state index contributed by atoms with van der Waals surface area (Å²) in [6, 6.07) is 22.3. The molecule has 0 saturated heterocycles. The third-order valence-corrected chi connectivity index (χ3v) is 4.86. The smallest absolute Gasteiger partial charge is 0.224 e. The second-order valence-electron chi connectivity index (χ2n) is 6.42. The van der Waals surface area contributed by atoms with Crippen LogP contribution < -0.4 is 11.1 Å². The van der Waals surface area contributed by atoms with Crippen LogP contribution in [0.15, 0.2) is 66.7 Å². The molecule has 0 spiro atoms. The minimum atomic E-state index is -0.127. The van der Waals surface area contributed by atoms with Gasteiger partial charge < -0.3 is 11.1 Å². The fourth-order valence-corrected chi connectivity index (χ4v) is 3.64. The Balaban J connectivity index is 0.00000182. The van der Waals surface area contributed by atoms with Crippen molar-refractivity contribution in [3.63, 3.8) is 0 Å². The lowest BCUT2D eigenvalue weighted by Gasteiger charge is -2.18. The second-order valence-corrected chi connectivity index (χ2v) is 6.42. The number of carbonyl (C=O) groups excluding carboxylic acids is 1. The first-order valence-corrected chi connectivity index (χ1v) is 8.32. The van der Waals surface area contributed by atoms with Gasteiger partial charge in [-0.2, -0.15) is 0 Å². The zero-order chi connectivity index (χ0) is 16.5. The molecule has 0 radical (unpaired) electrons. The molecule has 0 aromatic heterocycles. The van der Waals surface area contributed by atoms with Crippen LogP contribution in [0.4, 0.5) is 0 Å². The molecule has 1 amide bonds. The molecule has 0 fully saturated rings. The quantitative estimate of drug-likeness (QED) is 0.757. The summed E-state index contributed by atoms with van der Waals surface area (Å²) in [6.07, 6.45) is 1.18. The molecule has 4 rings (SSSR count). The van der Waals surface area contributed by atoms with E-state index in [1.165, 1.54) is 5.56 Å². The Kier molecular flexibility index (Phi) is 5.07. The Morgan fingerprint density at radius 2 is 1.72 bits per heavy atom. The highest BCUT2D eigenvalue weighted by Gasteiger charge is 2.30. The minimum absolute atomic E-state index is 0. The van der Waals surface area contributed by atoms with E-state index in [0.29, 0.717) is 6.42 Å². The Labute approximate surface area is 153 Å². The zero-order valence-electron chi connectivity index (χ0n) is 13.8. The predicted molar refractivity (Wildman–Crippen MR) is 104 cm³/mol. The van der Waals surface area contributed by atoms with Gasteiger partial charge in [-0.3, -0.25) is 4.79 Å². The topological polar surface area (TPSA) is 55.1 Å². The van der Waals surface area contributed by atoms with E-state index in [4.69, 9.17) is 5.73 Å². The predicted octanol–water partition coefficient (Wildman–Crippen LogP) is 3.55. The van der Waals surface area contributed by atoms with Gasteiger partial charge in [0.2, 0.25) is 5.91 Å². The van der Waals surface area contributed by atoms with Crippen molar-refractivity contribution >= 4 is 29.1 Å². The van der Waals surface area contributed by atoms with Crippen molar-refractivity contribution in [2.45, 2.75) is 24.9 Å². The first-order chi connectivity index (χ1) is 11.7. The number of nitrogens with one attached hydrogen (secondary N) is 1. The number of nitrogens with two attached hydrogens (primary N) is 1. The Bertz CT molecular complexity index is 904. The Morgan fingerprint density at radius 3 is 2.56 bits per heavy atom. The van der Waals surface area contributed by atoms with E-state index in [-0.39, 0.29) is 30.4 Å². The maximum Gasteiger partial charge on any atom is 0.224 e. The van der Waals surface area contributed by atoms with Gasteiger partial charge in [-0.15, -0.1) is 12.4 Å². The van der Waals surface area contributed by atoms with Crippen molar-refractivity contribution < 1.29 is 4.79 Å². The average molecular weight is 353 g/mol. The van der Waals surface area contributed by atoms with E-state index < -0.39 is 0 Å². The third-order valence-electron chi connectivity index (χ3n) is 4.86. The molecule has 3 aromatic carbocycles. The minimum Gasteiger partial charge on any atom is -0.351 e. The lowest BCUT2D eigenvalue weighted by atomic mass is 10.0. The highest BCUT2D eigenvalue weighted by atomic mass is 35.5. The summed E-state index contributed by atoms with van der Waals surface area (Å²) in [6.45, 7) is 0. The number of carbonyl (C=O) groups is 1. The molecule has 0 aliphatic heterocycles. The molecule has 0 heterocycles. The summed E-state index contributed by atoms with van der Waals surface area (Å²) in [5.41, 5.74) is 9.74. The van der Waals surface area contributed by atoms with Crippen LogP contribution in [-0.2, 0) is 17.6 Å². The number of hydrogen-bond acceptors (Lipinski definition) is 2. The van der Waals surface area contributed by atoms with E-state index >= 15 is 0 Å². The van der Waals surface area contributed by atoms with Gasteiger partial charge in [0.15, 0.2) is 0 Å². The molecular weight excluding hydrogens is 332 g/mol. The van der Waals surface area contributed by atoms with Crippen molar-refractivity contribution in [2.75, 3.05) is 0 Å². The van der Waals surface area contributed by atoms with Gasteiger partial charge >= 0.3 is 0 Å². The monoisotopic (exact) mass is 352 g/mol.